The van der Waals surface area contributed by atoms with Crippen LogP contribution in [0.5, 0.6) is 0 Å². The predicted molar refractivity (Wildman–Crippen MR) is 63.1 cm³/mol. The van der Waals surface area contributed by atoms with E-state index in [0.29, 0.717) is 5.41 Å². The van der Waals surface area contributed by atoms with Gasteiger partial charge in [-0.15, -0.1) is 11.3 Å². The van der Waals surface area contributed by atoms with Gasteiger partial charge in [0.15, 0.2) is 0 Å². The van der Waals surface area contributed by atoms with E-state index in [9.17, 15) is 0 Å². The molecule has 0 N–H and O–H groups in total. The number of thiazole rings is 1. The van der Waals surface area contributed by atoms with Crippen molar-refractivity contribution in [3.8, 4) is 0 Å². The number of methoxy groups -OCH3 is 1. The lowest BCUT2D eigenvalue weighted by Gasteiger charge is -2.41. The van der Waals surface area contributed by atoms with E-state index >= 15 is 0 Å². The summed E-state index contributed by atoms with van der Waals surface area (Å²) in [6, 6.07) is 0. The highest BCUT2D eigenvalue weighted by Gasteiger charge is 2.41. The molecule has 0 amide bonds. The molecule has 3 heteroatoms. The molecule has 15 heavy (non-hydrogen) atoms. The van der Waals surface area contributed by atoms with E-state index in [-0.39, 0.29) is 5.60 Å². The van der Waals surface area contributed by atoms with Crippen molar-refractivity contribution in [2.24, 2.45) is 5.41 Å². The van der Waals surface area contributed by atoms with Gasteiger partial charge in [0.2, 0.25) is 0 Å². The van der Waals surface area contributed by atoms with Crippen LogP contribution in [0.2, 0.25) is 0 Å². The lowest BCUT2D eigenvalue weighted by molar-refractivity contribution is -0.0667. The van der Waals surface area contributed by atoms with Gasteiger partial charge in [0.05, 0.1) is 0 Å². The average Bonchev–Trinajstić information content (AvgIpc) is 2.72. The summed E-state index contributed by atoms with van der Waals surface area (Å²) < 4.78 is 5.76. The third-order valence-electron chi connectivity index (χ3n) is 3.62. The third kappa shape index (κ3) is 2.08. The van der Waals surface area contributed by atoms with Crippen LogP contribution in [0.15, 0.2) is 11.6 Å². The van der Waals surface area contributed by atoms with Gasteiger partial charge in [0.25, 0.3) is 0 Å². The van der Waals surface area contributed by atoms with Gasteiger partial charge in [-0.25, -0.2) is 4.98 Å². The molecule has 84 valence electrons. The normalized spacial score (nSPS) is 23.9. The Hall–Kier alpha value is -0.410. The Labute approximate surface area is 95.7 Å². The molecule has 0 aliphatic heterocycles. The Morgan fingerprint density at radius 2 is 1.93 bits per heavy atom. The Morgan fingerprint density at radius 3 is 2.40 bits per heavy atom. The summed E-state index contributed by atoms with van der Waals surface area (Å²) in [5.74, 6) is 0. The highest BCUT2D eigenvalue weighted by atomic mass is 32.1. The molecule has 1 saturated carbocycles. The van der Waals surface area contributed by atoms with Crippen LogP contribution in [-0.4, -0.2) is 12.1 Å². The highest BCUT2D eigenvalue weighted by Crippen LogP contribution is 2.47. The lowest BCUT2D eigenvalue weighted by atomic mass is 9.71. The molecule has 1 aromatic rings. The summed E-state index contributed by atoms with van der Waals surface area (Å²) in [6.45, 7) is 4.68. The Bertz CT molecular complexity index is 308. The molecule has 1 aromatic heterocycles. The summed E-state index contributed by atoms with van der Waals surface area (Å²) in [7, 11) is 1.82. The van der Waals surface area contributed by atoms with Crippen molar-refractivity contribution in [1.82, 2.24) is 4.98 Å². The smallest absolute Gasteiger partial charge is 0.125 e. The van der Waals surface area contributed by atoms with Gasteiger partial charge in [0, 0.05) is 18.7 Å². The van der Waals surface area contributed by atoms with Gasteiger partial charge in [-0.1, -0.05) is 13.8 Å². The Balaban J connectivity index is 2.19. The molecule has 0 spiro atoms. The van der Waals surface area contributed by atoms with Crippen molar-refractivity contribution in [2.45, 2.75) is 45.1 Å². The van der Waals surface area contributed by atoms with Crippen molar-refractivity contribution in [1.29, 1.82) is 0 Å². The minimum atomic E-state index is -0.0936. The van der Waals surface area contributed by atoms with Crippen molar-refractivity contribution < 1.29 is 4.74 Å². The van der Waals surface area contributed by atoms with Crippen LogP contribution in [0, 0.1) is 5.41 Å². The van der Waals surface area contributed by atoms with Crippen molar-refractivity contribution in [3.05, 3.63) is 16.6 Å². The van der Waals surface area contributed by atoms with Gasteiger partial charge in [-0.2, -0.15) is 0 Å². The molecule has 0 radical (unpaired) electrons. The standard InChI is InChI=1S/C12H19NOS/c1-11(2)4-6-12(14-3,7-5-11)10-13-8-9-15-10/h8-9H,4-7H2,1-3H3. The molecule has 0 unspecified atom stereocenters. The SMILES string of the molecule is COC1(c2nccs2)CCC(C)(C)CC1. The number of hydrogen-bond donors (Lipinski definition) is 0. The van der Waals surface area contributed by atoms with E-state index in [4.69, 9.17) is 4.74 Å². The van der Waals surface area contributed by atoms with E-state index in [1.54, 1.807) is 11.3 Å². The van der Waals surface area contributed by atoms with Gasteiger partial charge < -0.3 is 4.74 Å². The Kier molecular flexibility index (Phi) is 2.86. The minimum Gasteiger partial charge on any atom is -0.371 e. The number of nitrogens with zero attached hydrogens (tertiary/aromatic N) is 1. The molecule has 0 saturated heterocycles. The van der Waals surface area contributed by atoms with Gasteiger partial charge in [-0.3, -0.25) is 0 Å². The molecule has 0 atom stereocenters. The first kappa shape index (κ1) is 11.1. The van der Waals surface area contributed by atoms with Crippen LogP contribution in [0.1, 0.15) is 44.5 Å². The van der Waals surface area contributed by atoms with Crippen LogP contribution in [0.3, 0.4) is 0 Å². The molecule has 1 aliphatic rings. The van der Waals surface area contributed by atoms with Crippen LogP contribution < -0.4 is 0 Å². The van der Waals surface area contributed by atoms with Gasteiger partial charge in [0.1, 0.15) is 10.6 Å². The molecule has 2 rings (SSSR count). The maximum absolute atomic E-state index is 5.76. The third-order valence-corrected chi connectivity index (χ3v) is 4.58. The van der Waals surface area contributed by atoms with Crippen molar-refractivity contribution >= 4 is 11.3 Å². The van der Waals surface area contributed by atoms with Gasteiger partial charge in [-0.05, 0) is 31.1 Å². The molecular formula is C12H19NOS. The van der Waals surface area contributed by atoms with Crippen LogP contribution in [0.25, 0.3) is 0 Å². The molecule has 1 aliphatic carbocycles. The second-order valence-electron chi connectivity index (χ2n) is 5.20. The van der Waals surface area contributed by atoms with E-state index in [2.05, 4.69) is 18.8 Å². The van der Waals surface area contributed by atoms with E-state index in [1.165, 1.54) is 12.8 Å². The fourth-order valence-electron chi connectivity index (χ4n) is 2.28. The summed E-state index contributed by atoms with van der Waals surface area (Å²) >= 11 is 1.72. The van der Waals surface area contributed by atoms with Crippen LogP contribution in [0.4, 0.5) is 0 Å². The fourth-order valence-corrected chi connectivity index (χ4v) is 3.16. The van der Waals surface area contributed by atoms with E-state index < -0.39 is 0 Å². The van der Waals surface area contributed by atoms with Crippen molar-refractivity contribution in [2.75, 3.05) is 7.11 Å². The van der Waals surface area contributed by atoms with Gasteiger partial charge >= 0.3 is 0 Å². The zero-order chi connectivity index (χ0) is 10.9. The molecule has 0 bridgehead atoms. The maximum atomic E-state index is 5.76. The predicted octanol–water partition coefficient (Wildman–Crippen LogP) is 3.59. The summed E-state index contributed by atoms with van der Waals surface area (Å²) in [4.78, 5) is 4.42. The zero-order valence-electron chi connectivity index (χ0n) is 9.75. The van der Waals surface area contributed by atoms with Crippen molar-refractivity contribution in [3.63, 3.8) is 0 Å². The van der Waals surface area contributed by atoms with Crippen LogP contribution >= 0.6 is 11.3 Å². The second kappa shape index (κ2) is 3.87. The topological polar surface area (TPSA) is 22.1 Å². The molecule has 1 fully saturated rings. The first-order chi connectivity index (χ1) is 7.08. The maximum Gasteiger partial charge on any atom is 0.125 e. The molecule has 1 heterocycles. The molecule has 0 aromatic carbocycles. The molecule has 2 nitrogen and oxygen atoms in total. The first-order valence-corrected chi connectivity index (χ1v) is 6.41. The largest absolute Gasteiger partial charge is 0.371 e. The number of ether oxygens (including phenoxy) is 1. The van der Waals surface area contributed by atoms with E-state index in [0.717, 1.165) is 17.8 Å². The first-order valence-electron chi connectivity index (χ1n) is 5.53. The minimum absolute atomic E-state index is 0.0936. The molecular weight excluding hydrogens is 206 g/mol. The monoisotopic (exact) mass is 225 g/mol. The van der Waals surface area contributed by atoms with E-state index in [1.807, 2.05) is 18.7 Å². The van der Waals surface area contributed by atoms with Crippen LogP contribution in [-0.2, 0) is 10.3 Å². The lowest BCUT2D eigenvalue weighted by Crippen LogP contribution is -2.36. The highest BCUT2D eigenvalue weighted by molar-refractivity contribution is 7.09. The second-order valence-corrected chi connectivity index (χ2v) is 6.09. The average molecular weight is 225 g/mol. The Morgan fingerprint density at radius 1 is 1.27 bits per heavy atom. The fraction of sp³-hybridized carbons (Fsp3) is 0.750. The summed E-state index contributed by atoms with van der Waals surface area (Å²) in [6.07, 6.45) is 6.52. The number of rotatable bonds is 2. The number of aromatic nitrogens is 1. The summed E-state index contributed by atoms with van der Waals surface area (Å²) in [5.41, 5.74) is 0.378. The quantitative estimate of drug-likeness (QED) is 0.767. The number of hydrogen-bond acceptors (Lipinski definition) is 3. The summed E-state index contributed by atoms with van der Waals surface area (Å²) in [5, 5.41) is 3.19. The zero-order valence-corrected chi connectivity index (χ0v) is 10.6.